The maximum Gasteiger partial charge on any atom is 0.229 e. The Labute approximate surface area is 103 Å². The number of ether oxygens (including phenoxy) is 1. The van der Waals surface area contributed by atoms with Crippen molar-refractivity contribution in [1.82, 2.24) is 15.1 Å². The average molecular weight is 241 g/mol. The zero-order valence-electron chi connectivity index (χ0n) is 11.0. The number of amides is 1. The number of carbonyl (C=O) groups is 1. The van der Waals surface area contributed by atoms with Gasteiger partial charge in [-0.2, -0.15) is 0 Å². The highest BCUT2D eigenvalue weighted by Gasteiger charge is 2.37. The van der Waals surface area contributed by atoms with Crippen LogP contribution in [-0.4, -0.2) is 74.7 Å². The molecule has 2 saturated heterocycles. The number of carbonyl (C=O) groups excluding carboxylic acids is 1. The van der Waals surface area contributed by atoms with Gasteiger partial charge in [0.1, 0.15) is 0 Å². The maximum atomic E-state index is 12.4. The molecule has 3 atom stereocenters. The van der Waals surface area contributed by atoms with Crippen LogP contribution in [0, 0.1) is 5.92 Å². The summed E-state index contributed by atoms with van der Waals surface area (Å²) in [6.45, 7) is 6.01. The second-order valence-electron chi connectivity index (χ2n) is 5.15. The first kappa shape index (κ1) is 12.8. The summed E-state index contributed by atoms with van der Waals surface area (Å²) in [6, 6.07) is 0.625. The van der Waals surface area contributed by atoms with E-state index in [4.69, 9.17) is 4.74 Å². The molecule has 2 rings (SSSR count). The molecule has 1 N–H and O–H groups in total. The number of hydrogen-bond acceptors (Lipinski definition) is 4. The summed E-state index contributed by atoms with van der Waals surface area (Å²) in [6.07, 6.45) is 0. The molecule has 5 heteroatoms. The number of piperazine rings is 1. The minimum absolute atomic E-state index is 0.00407. The van der Waals surface area contributed by atoms with Crippen LogP contribution >= 0.6 is 0 Å². The van der Waals surface area contributed by atoms with Crippen molar-refractivity contribution in [3.63, 3.8) is 0 Å². The molecule has 0 spiro atoms. The summed E-state index contributed by atoms with van der Waals surface area (Å²) in [5.74, 6) is 0.248. The van der Waals surface area contributed by atoms with Gasteiger partial charge in [-0.15, -0.1) is 0 Å². The zero-order valence-corrected chi connectivity index (χ0v) is 11.0. The van der Waals surface area contributed by atoms with Crippen molar-refractivity contribution in [3.8, 4) is 0 Å². The third-order valence-electron chi connectivity index (χ3n) is 4.04. The van der Waals surface area contributed by atoms with Gasteiger partial charge in [-0.25, -0.2) is 0 Å². The maximum absolute atomic E-state index is 12.4. The van der Waals surface area contributed by atoms with Gasteiger partial charge in [0, 0.05) is 31.7 Å². The fourth-order valence-corrected chi connectivity index (χ4v) is 2.57. The fourth-order valence-electron chi connectivity index (χ4n) is 2.57. The van der Waals surface area contributed by atoms with E-state index in [-0.39, 0.29) is 17.9 Å². The molecule has 0 aromatic heterocycles. The monoisotopic (exact) mass is 241 g/mol. The molecule has 1 amide bonds. The van der Waals surface area contributed by atoms with Crippen LogP contribution in [0.25, 0.3) is 0 Å². The van der Waals surface area contributed by atoms with E-state index in [2.05, 4.69) is 24.2 Å². The Kier molecular flexibility index (Phi) is 4.01. The first-order valence-electron chi connectivity index (χ1n) is 6.37. The summed E-state index contributed by atoms with van der Waals surface area (Å²) < 4.78 is 5.40. The molecule has 98 valence electrons. The number of nitrogens with zero attached hydrogens (tertiary/aromatic N) is 2. The molecule has 2 heterocycles. The van der Waals surface area contributed by atoms with Crippen LogP contribution < -0.4 is 5.32 Å². The molecule has 2 aliphatic heterocycles. The Balaban J connectivity index is 1.95. The van der Waals surface area contributed by atoms with Gasteiger partial charge in [0.15, 0.2) is 0 Å². The van der Waals surface area contributed by atoms with Crippen molar-refractivity contribution in [2.75, 3.05) is 46.9 Å². The van der Waals surface area contributed by atoms with Gasteiger partial charge in [-0.05, 0) is 21.0 Å². The highest BCUT2D eigenvalue weighted by atomic mass is 16.5. The van der Waals surface area contributed by atoms with Gasteiger partial charge in [0.05, 0.1) is 19.1 Å². The lowest BCUT2D eigenvalue weighted by Gasteiger charge is -2.39. The molecule has 0 aliphatic carbocycles. The minimum atomic E-state index is -0.00407. The molecular weight excluding hydrogens is 218 g/mol. The number of nitrogens with one attached hydrogen (secondary N) is 1. The lowest BCUT2D eigenvalue weighted by Crippen LogP contribution is -2.55. The Morgan fingerprint density at radius 3 is 2.76 bits per heavy atom. The van der Waals surface area contributed by atoms with Gasteiger partial charge in [0.25, 0.3) is 0 Å². The SMILES string of the molecule is CNC1COCC1C(=O)N1CCN(C)C(C)C1. The molecule has 0 bridgehead atoms. The number of rotatable bonds is 2. The van der Waals surface area contributed by atoms with Crippen LogP contribution in [-0.2, 0) is 9.53 Å². The predicted octanol–water partition coefficient (Wildman–Crippen LogP) is -0.617. The largest absolute Gasteiger partial charge is 0.379 e. The van der Waals surface area contributed by atoms with Crippen LogP contribution in [0.15, 0.2) is 0 Å². The topological polar surface area (TPSA) is 44.8 Å². The molecule has 0 radical (unpaired) electrons. The van der Waals surface area contributed by atoms with Crippen LogP contribution in [0.2, 0.25) is 0 Å². The Bertz CT molecular complexity index is 285. The molecule has 3 unspecified atom stereocenters. The minimum Gasteiger partial charge on any atom is -0.379 e. The van der Waals surface area contributed by atoms with Crippen molar-refractivity contribution in [2.45, 2.75) is 19.0 Å². The molecule has 0 aromatic rings. The highest BCUT2D eigenvalue weighted by molar-refractivity contribution is 5.80. The summed E-state index contributed by atoms with van der Waals surface area (Å²) in [5.41, 5.74) is 0. The van der Waals surface area contributed by atoms with E-state index in [1.54, 1.807) is 0 Å². The average Bonchev–Trinajstić information content (AvgIpc) is 2.80. The van der Waals surface area contributed by atoms with Crippen molar-refractivity contribution >= 4 is 5.91 Å². The van der Waals surface area contributed by atoms with E-state index >= 15 is 0 Å². The summed E-state index contributed by atoms with van der Waals surface area (Å²) in [7, 11) is 4.01. The van der Waals surface area contributed by atoms with E-state index in [1.807, 2.05) is 11.9 Å². The molecular formula is C12H23N3O2. The Morgan fingerprint density at radius 2 is 2.12 bits per heavy atom. The van der Waals surface area contributed by atoms with Crippen molar-refractivity contribution in [3.05, 3.63) is 0 Å². The lowest BCUT2D eigenvalue weighted by atomic mass is 10.0. The van der Waals surface area contributed by atoms with E-state index in [0.717, 1.165) is 19.6 Å². The standard InChI is InChI=1S/C12H23N3O2/c1-9-6-15(5-4-14(9)3)12(16)10-7-17-8-11(10)13-2/h9-11,13H,4-8H2,1-3H3. The van der Waals surface area contributed by atoms with Crippen LogP contribution in [0.3, 0.4) is 0 Å². The molecule has 0 saturated carbocycles. The first-order valence-corrected chi connectivity index (χ1v) is 6.37. The summed E-state index contributed by atoms with van der Waals surface area (Å²) in [4.78, 5) is 16.7. The normalized spacial score (nSPS) is 35.2. The third kappa shape index (κ3) is 2.61. The fraction of sp³-hybridized carbons (Fsp3) is 0.917. The van der Waals surface area contributed by atoms with E-state index in [0.29, 0.717) is 19.3 Å². The van der Waals surface area contributed by atoms with Gasteiger partial charge in [-0.3, -0.25) is 4.79 Å². The number of likely N-dealkylation sites (N-methyl/N-ethyl adjacent to an activating group) is 2. The Morgan fingerprint density at radius 1 is 1.35 bits per heavy atom. The summed E-state index contributed by atoms with van der Waals surface area (Å²) >= 11 is 0. The molecule has 5 nitrogen and oxygen atoms in total. The first-order chi connectivity index (χ1) is 8.13. The van der Waals surface area contributed by atoms with Crippen LogP contribution in [0.4, 0.5) is 0 Å². The number of hydrogen-bond donors (Lipinski definition) is 1. The van der Waals surface area contributed by atoms with Gasteiger partial charge in [0.2, 0.25) is 5.91 Å². The Hall–Kier alpha value is -0.650. The van der Waals surface area contributed by atoms with E-state index in [1.165, 1.54) is 0 Å². The van der Waals surface area contributed by atoms with Crippen molar-refractivity contribution < 1.29 is 9.53 Å². The molecule has 17 heavy (non-hydrogen) atoms. The molecule has 2 fully saturated rings. The zero-order chi connectivity index (χ0) is 12.4. The highest BCUT2D eigenvalue weighted by Crippen LogP contribution is 2.18. The van der Waals surface area contributed by atoms with E-state index in [9.17, 15) is 4.79 Å². The van der Waals surface area contributed by atoms with Crippen molar-refractivity contribution in [2.24, 2.45) is 5.92 Å². The lowest BCUT2D eigenvalue weighted by molar-refractivity contribution is -0.138. The molecule has 2 aliphatic rings. The van der Waals surface area contributed by atoms with E-state index < -0.39 is 0 Å². The van der Waals surface area contributed by atoms with Crippen LogP contribution in [0.1, 0.15) is 6.92 Å². The molecule has 0 aromatic carbocycles. The second kappa shape index (κ2) is 5.33. The van der Waals surface area contributed by atoms with Gasteiger partial charge in [-0.1, -0.05) is 0 Å². The van der Waals surface area contributed by atoms with Crippen molar-refractivity contribution in [1.29, 1.82) is 0 Å². The predicted molar refractivity (Wildman–Crippen MR) is 65.8 cm³/mol. The second-order valence-corrected chi connectivity index (χ2v) is 5.15. The van der Waals surface area contributed by atoms with Gasteiger partial charge >= 0.3 is 0 Å². The third-order valence-corrected chi connectivity index (χ3v) is 4.04. The van der Waals surface area contributed by atoms with Crippen LogP contribution in [0.5, 0.6) is 0 Å². The quantitative estimate of drug-likeness (QED) is 0.700. The van der Waals surface area contributed by atoms with Gasteiger partial charge < -0.3 is 19.9 Å². The summed E-state index contributed by atoms with van der Waals surface area (Å²) in [5, 5.41) is 3.17. The smallest absolute Gasteiger partial charge is 0.229 e.